The highest BCUT2D eigenvalue weighted by molar-refractivity contribution is 7.93. The van der Waals surface area contributed by atoms with Crippen molar-refractivity contribution in [1.29, 1.82) is 0 Å². The van der Waals surface area contributed by atoms with E-state index in [1.807, 2.05) is 13.8 Å². The second-order valence-electron chi connectivity index (χ2n) is 24.4. The molecule has 11 N–H and O–H groups in total. The number of carbonyl (C=O) groups is 7. The van der Waals surface area contributed by atoms with E-state index in [1.165, 1.54) is 119 Å². The fraction of sp³-hybridized carbons (Fsp3) is 0.197. The van der Waals surface area contributed by atoms with E-state index in [2.05, 4.69) is 31.9 Å². The van der Waals surface area contributed by atoms with E-state index in [-0.39, 0.29) is 77.9 Å². The van der Waals surface area contributed by atoms with Gasteiger partial charge in [-0.05, 0) is 162 Å². The zero-order chi connectivity index (χ0) is 77.4. The van der Waals surface area contributed by atoms with Gasteiger partial charge in [0, 0.05) is 59.6 Å². The third kappa shape index (κ3) is 20.9. The minimum Gasteiger partial charge on any atom is -0.506 e. The number of aromatic hydroxyl groups is 3. The maximum absolute atomic E-state index is 14.2. The third-order valence-corrected chi connectivity index (χ3v) is 22.5. The van der Waals surface area contributed by atoms with Crippen molar-refractivity contribution >= 4 is 105 Å². The van der Waals surface area contributed by atoms with Gasteiger partial charge < -0.3 is 62.4 Å². The number of aryl methyl sites for hydroxylation is 4. The van der Waals surface area contributed by atoms with Crippen molar-refractivity contribution in [1.82, 2.24) is 0 Å². The molecule has 29 heteroatoms. The Balaban J connectivity index is 0.000000224. The maximum atomic E-state index is 14.2. The summed E-state index contributed by atoms with van der Waals surface area (Å²) in [6, 6.07) is 46.1. The molecule has 0 aromatic heterocycles. The molecule has 0 fully saturated rings. The summed E-state index contributed by atoms with van der Waals surface area (Å²) in [5.41, 5.74) is 9.24. The van der Waals surface area contributed by atoms with E-state index in [4.69, 9.17) is 15.2 Å². The summed E-state index contributed by atoms with van der Waals surface area (Å²) in [4.78, 5) is 86.3. The summed E-state index contributed by atoms with van der Waals surface area (Å²) >= 11 is 0. The van der Waals surface area contributed by atoms with Crippen LogP contribution < -0.4 is 47.1 Å². The van der Waals surface area contributed by atoms with Gasteiger partial charge in [0.2, 0.25) is 29.5 Å². The zero-order valence-electron chi connectivity index (χ0n) is 58.6. The molecule has 9 rings (SSSR count). The number of phenols is 3. The average Bonchev–Trinajstić information content (AvgIpc) is 0.801. The average molecular weight is 1490 g/mol. The van der Waals surface area contributed by atoms with Gasteiger partial charge in [0.1, 0.15) is 50.3 Å². The van der Waals surface area contributed by atoms with Gasteiger partial charge in [-0.3, -0.25) is 33.6 Å². The van der Waals surface area contributed by atoms with Gasteiger partial charge in [0.05, 0.1) is 50.2 Å². The van der Waals surface area contributed by atoms with Gasteiger partial charge in [-0.2, -0.15) is 0 Å². The smallest absolute Gasteiger partial charge is 0.255 e. The van der Waals surface area contributed by atoms with Crippen LogP contribution in [0.2, 0.25) is 0 Å². The number of carbonyl (C=O) groups excluding carboxylic acids is 7. The summed E-state index contributed by atoms with van der Waals surface area (Å²) < 4.78 is 104. The lowest BCUT2D eigenvalue weighted by molar-refractivity contribution is -0.117. The van der Waals surface area contributed by atoms with Crippen LogP contribution in [-0.2, 0) is 48.7 Å². The molecular weight excluding hydrogens is 1410 g/mol. The summed E-state index contributed by atoms with van der Waals surface area (Å²) in [6.07, 6.45) is -0.0282. The van der Waals surface area contributed by atoms with Crippen LogP contribution in [0.5, 0.6) is 34.5 Å². The van der Waals surface area contributed by atoms with E-state index < -0.39 is 110 Å². The van der Waals surface area contributed by atoms with Crippen molar-refractivity contribution in [3.8, 4) is 34.5 Å². The van der Waals surface area contributed by atoms with Crippen LogP contribution in [0.25, 0.3) is 0 Å². The number of sulfone groups is 3. The standard InChI is InChI=1S/C31H30N2O7S.C26H27N3O6S.C19H21FN2O5S/c1-19-5-9-22(10-6-19)31(36)32-26-18-29(40-24-13-11-23(39-4)12-14-24)27(17-28(26)34)33-30(35)21(3)41(37,38)25-15-7-20(2)8-16-25;1-15(2)23(36(34,35)20-6-4-5-16(3)13-20)26(33)28-19-11-12-21(22(30)14-19)29-25(32)18-9-7-17(8-10-18)24(27)31;1-4-18(28(26,27)13-7-5-11(2)6-8-13)19(25)22-15-10-17(24)16(9-14(15)20)21-12(3)23/h5-18,21,34H,1-4H3,(H,32,36)(H,33,35);4-15,23,30H,1-3H3,(H2,27,31)(H,28,33)(H,29,32);5-10,18,24H,4H2,1-3H3,(H,21,23)(H,22,25). The lowest BCUT2D eigenvalue weighted by atomic mass is 10.1. The lowest BCUT2D eigenvalue weighted by Gasteiger charge is -2.21. The van der Waals surface area contributed by atoms with E-state index in [1.54, 1.807) is 113 Å². The first-order valence-corrected chi connectivity index (χ1v) is 36.8. The first-order valence-electron chi connectivity index (χ1n) is 32.2. The topological polar surface area (TPSA) is 399 Å². The maximum Gasteiger partial charge on any atom is 0.255 e. The fourth-order valence-corrected chi connectivity index (χ4v) is 14.9. The molecule has 550 valence electrons. The Morgan fingerprint density at radius 2 is 0.933 bits per heavy atom. The Bertz CT molecular complexity index is 5080. The minimum absolute atomic E-state index is 0.00242. The number of halogens is 1. The molecule has 9 aromatic carbocycles. The first-order chi connectivity index (χ1) is 49.4. The number of nitrogens with two attached hydrogens (primary N) is 1. The molecule has 7 amide bonds. The van der Waals surface area contributed by atoms with E-state index >= 15 is 0 Å². The quantitative estimate of drug-likeness (QED) is 0.0266. The van der Waals surface area contributed by atoms with Crippen LogP contribution in [-0.4, -0.2) is 105 Å². The van der Waals surface area contributed by atoms with Crippen LogP contribution in [0.4, 0.5) is 38.5 Å². The summed E-state index contributed by atoms with van der Waals surface area (Å²) in [7, 11) is -10.4. The van der Waals surface area contributed by atoms with Crippen molar-refractivity contribution in [2.75, 3.05) is 39.0 Å². The number of amides is 7. The van der Waals surface area contributed by atoms with Crippen LogP contribution in [0.1, 0.15) is 94.4 Å². The number of anilines is 6. The number of hydrogen-bond acceptors (Lipinski definition) is 18. The van der Waals surface area contributed by atoms with E-state index in [9.17, 15) is 78.5 Å². The van der Waals surface area contributed by atoms with Gasteiger partial charge >= 0.3 is 0 Å². The molecule has 0 aliphatic rings. The SMILES string of the molecule is CCC(C(=O)Nc1cc(O)c(NC(C)=O)cc1F)S(=O)(=O)c1ccc(C)cc1.COc1ccc(Oc2cc(NC(=O)c3ccc(C)cc3)c(O)cc2NC(=O)C(C)S(=O)(=O)c2ccc(C)cc2)cc1.Cc1cccc(S(=O)(=O)C(C(=O)Nc2ccc(NC(=O)c3ccc(C(N)=O)cc3)c(O)c2)C(C)C)c1. The van der Waals surface area contributed by atoms with Crippen LogP contribution >= 0.6 is 0 Å². The Labute approximate surface area is 606 Å². The zero-order valence-corrected chi connectivity index (χ0v) is 61.0. The normalized spacial score (nSPS) is 12.0. The van der Waals surface area contributed by atoms with Crippen molar-refractivity contribution in [3.63, 3.8) is 0 Å². The number of phenolic OH excluding ortho intramolecular Hbond substituents is 3. The molecule has 0 saturated carbocycles. The molecule has 0 spiro atoms. The number of methoxy groups -OCH3 is 1. The van der Waals surface area contributed by atoms with E-state index in [0.717, 1.165) is 34.4 Å². The Morgan fingerprint density at radius 1 is 0.457 bits per heavy atom. The predicted octanol–water partition coefficient (Wildman–Crippen LogP) is 12.3. The number of primary amides is 1. The van der Waals surface area contributed by atoms with Crippen LogP contribution in [0, 0.1) is 39.4 Å². The molecule has 0 heterocycles. The highest BCUT2D eigenvalue weighted by atomic mass is 32.2. The monoisotopic (exact) mass is 1490 g/mol. The Kier molecular flexibility index (Phi) is 26.6. The van der Waals surface area contributed by atoms with Gasteiger partial charge in [-0.15, -0.1) is 0 Å². The third-order valence-electron chi connectivity index (χ3n) is 15.9. The minimum atomic E-state index is -4.01. The predicted molar refractivity (Wildman–Crippen MR) is 397 cm³/mol. The number of hydrogen-bond donors (Lipinski definition) is 10. The molecule has 105 heavy (non-hydrogen) atoms. The fourth-order valence-electron chi connectivity index (χ4n) is 10.1. The lowest BCUT2D eigenvalue weighted by Crippen LogP contribution is -2.39. The number of benzene rings is 9. The molecule has 0 radical (unpaired) electrons. The highest BCUT2D eigenvalue weighted by Crippen LogP contribution is 2.40. The second kappa shape index (κ2) is 34.8. The number of ether oxygens (including phenoxy) is 2. The highest BCUT2D eigenvalue weighted by Gasteiger charge is 2.38. The van der Waals surface area contributed by atoms with Gasteiger partial charge in [-0.25, -0.2) is 29.6 Å². The number of nitrogens with one attached hydrogen (secondary N) is 6. The van der Waals surface area contributed by atoms with Gasteiger partial charge in [0.25, 0.3) is 11.8 Å². The summed E-state index contributed by atoms with van der Waals surface area (Å²) in [5.74, 6) is -6.25. The van der Waals surface area contributed by atoms with Crippen molar-refractivity contribution in [2.24, 2.45) is 11.7 Å². The van der Waals surface area contributed by atoms with E-state index in [0.29, 0.717) is 17.1 Å². The van der Waals surface area contributed by atoms with Crippen molar-refractivity contribution in [3.05, 3.63) is 233 Å². The van der Waals surface area contributed by atoms with Crippen LogP contribution in [0.3, 0.4) is 0 Å². The largest absolute Gasteiger partial charge is 0.506 e. The molecular formula is C76H78FN7O18S3. The molecule has 0 aliphatic heterocycles. The molecule has 3 unspecified atom stereocenters. The van der Waals surface area contributed by atoms with Gasteiger partial charge in [-0.1, -0.05) is 86.0 Å². The molecule has 25 nitrogen and oxygen atoms in total. The summed E-state index contributed by atoms with van der Waals surface area (Å²) in [5, 5.41) is 41.5. The molecule has 0 saturated heterocycles. The number of rotatable bonds is 23. The first kappa shape index (κ1) is 80.4. The Morgan fingerprint density at radius 3 is 1.44 bits per heavy atom. The molecule has 3 atom stereocenters. The van der Waals surface area contributed by atoms with Crippen LogP contribution in [0.15, 0.2) is 203 Å². The molecule has 0 bridgehead atoms. The van der Waals surface area contributed by atoms with Gasteiger partial charge in [0.15, 0.2) is 35.3 Å². The van der Waals surface area contributed by atoms with Crippen molar-refractivity contribution in [2.45, 2.75) is 99.2 Å². The summed E-state index contributed by atoms with van der Waals surface area (Å²) in [6.45, 7) is 14.6. The second-order valence-corrected chi connectivity index (χ2v) is 30.8. The van der Waals surface area contributed by atoms with Crippen molar-refractivity contribution < 1.29 is 88.0 Å². The Hall–Kier alpha value is -12.0. The molecule has 9 aromatic rings. The molecule has 0 aliphatic carbocycles.